The molecule has 0 radical (unpaired) electrons. The van der Waals surface area contributed by atoms with Gasteiger partial charge in [0.1, 0.15) is 6.61 Å². The Bertz CT molecular complexity index is 720. The second-order valence-electron chi connectivity index (χ2n) is 6.98. The third kappa shape index (κ3) is 3.27. The molecule has 2 aromatic carbocycles. The van der Waals surface area contributed by atoms with Crippen LogP contribution >= 0.6 is 0 Å². The number of alkyl carbamates (subject to hydrolysis) is 1. The van der Waals surface area contributed by atoms with Crippen molar-refractivity contribution in [1.29, 1.82) is 0 Å². The molecule has 2 N–H and O–H groups in total. The van der Waals surface area contributed by atoms with Gasteiger partial charge in [-0.2, -0.15) is 0 Å². The fraction of sp³-hybridized carbons (Fsp3) is 0.381. The number of hydrogen-bond acceptors (Lipinski definition) is 3. The van der Waals surface area contributed by atoms with Crippen molar-refractivity contribution in [3.8, 4) is 11.1 Å². The van der Waals surface area contributed by atoms with E-state index in [0.717, 1.165) is 25.7 Å². The highest BCUT2D eigenvalue weighted by Gasteiger charge is 2.29. The molecular weight excluding hydrogens is 314 g/mol. The van der Waals surface area contributed by atoms with Crippen LogP contribution in [0.4, 0.5) is 4.79 Å². The predicted octanol–water partition coefficient (Wildman–Crippen LogP) is 3.83. The molecule has 0 bridgehead atoms. The van der Waals surface area contributed by atoms with E-state index < -0.39 is 0 Å². The molecule has 4 nitrogen and oxygen atoms in total. The zero-order chi connectivity index (χ0) is 17.2. The summed E-state index contributed by atoms with van der Waals surface area (Å²) in [5, 5.41) is 12.5. The average molecular weight is 337 g/mol. The Balaban J connectivity index is 1.42. The summed E-state index contributed by atoms with van der Waals surface area (Å²) in [7, 11) is 0. The molecular formula is C21H23NO3. The van der Waals surface area contributed by atoms with Crippen LogP contribution in [0.5, 0.6) is 0 Å². The van der Waals surface area contributed by atoms with Crippen molar-refractivity contribution in [2.24, 2.45) is 0 Å². The minimum absolute atomic E-state index is 0.0892. The number of amides is 1. The quantitative estimate of drug-likeness (QED) is 0.895. The number of hydrogen-bond donors (Lipinski definition) is 2. The lowest BCUT2D eigenvalue weighted by molar-refractivity contribution is 0.106. The minimum atomic E-state index is -0.358. The van der Waals surface area contributed by atoms with Crippen LogP contribution in [0.1, 0.15) is 42.7 Å². The number of fused-ring (bicyclic) bond motifs is 3. The summed E-state index contributed by atoms with van der Waals surface area (Å²) in [5.74, 6) is 0.0892. The molecule has 2 aliphatic carbocycles. The van der Waals surface area contributed by atoms with Gasteiger partial charge in [-0.25, -0.2) is 4.79 Å². The number of aliphatic hydroxyl groups is 1. The number of carbonyl (C=O) groups is 1. The van der Waals surface area contributed by atoms with Gasteiger partial charge in [-0.15, -0.1) is 0 Å². The van der Waals surface area contributed by atoms with Gasteiger partial charge in [0.05, 0.1) is 6.10 Å². The summed E-state index contributed by atoms with van der Waals surface area (Å²) in [6.07, 6.45) is 2.53. The lowest BCUT2D eigenvalue weighted by Gasteiger charge is -2.26. The van der Waals surface area contributed by atoms with E-state index in [-0.39, 0.29) is 24.2 Å². The average Bonchev–Trinajstić information content (AvgIpc) is 2.96. The molecule has 0 saturated heterocycles. The van der Waals surface area contributed by atoms with Gasteiger partial charge in [0.25, 0.3) is 0 Å². The van der Waals surface area contributed by atoms with Crippen molar-refractivity contribution in [1.82, 2.24) is 5.32 Å². The van der Waals surface area contributed by atoms with E-state index in [9.17, 15) is 9.90 Å². The molecule has 1 saturated carbocycles. The van der Waals surface area contributed by atoms with E-state index >= 15 is 0 Å². The zero-order valence-electron chi connectivity index (χ0n) is 14.2. The first kappa shape index (κ1) is 16.2. The minimum Gasteiger partial charge on any atom is -0.449 e. The summed E-state index contributed by atoms with van der Waals surface area (Å²) >= 11 is 0. The van der Waals surface area contributed by atoms with E-state index in [1.807, 2.05) is 24.3 Å². The van der Waals surface area contributed by atoms with E-state index in [2.05, 4.69) is 29.6 Å². The Morgan fingerprint density at radius 2 is 1.52 bits per heavy atom. The van der Waals surface area contributed by atoms with E-state index in [1.54, 1.807) is 0 Å². The number of carbonyl (C=O) groups excluding carboxylic acids is 1. The maximum absolute atomic E-state index is 12.2. The standard InChI is InChI=1S/C21H23NO3/c23-15-11-9-14(10-12-15)22-21(24)25-13-20-18-7-3-1-5-16(18)17-6-2-4-8-19(17)20/h1-8,14-15,20,23H,9-13H2,(H,22,24). The van der Waals surface area contributed by atoms with Gasteiger partial charge in [0.15, 0.2) is 0 Å². The van der Waals surface area contributed by atoms with Crippen molar-refractivity contribution in [2.75, 3.05) is 6.61 Å². The van der Waals surface area contributed by atoms with Crippen LogP contribution in [0, 0.1) is 0 Å². The molecule has 0 unspecified atom stereocenters. The topological polar surface area (TPSA) is 58.6 Å². The predicted molar refractivity (Wildman–Crippen MR) is 96.5 cm³/mol. The van der Waals surface area contributed by atoms with Gasteiger partial charge in [0, 0.05) is 12.0 Å². The number of benzene rings is 2. The maximum Gasteiger partial charge on any atom is 0.407 e. The smallest absolute Gasteiger partial charge is 0.407 e. The summed E-state index contributed by atoms with van der Waals surface area (Å²) in [5.41, 5.74) is 4.90. The number of rotatable bonds is 3. The monoisotopic (exact) mass is 337 g/mol. The fourth-order valence-electron chi connectivity index (χ4n) is 4.03. The number of nitrogens with one attached hydrogen (secondary N) is 1. The van der Waals surface area contributed by atoms with Crippen LogP contribution in [0.15, 0.2) is 48.5 Å². The van der Waals surface area contributed by atoms with Crippen LogP contribution in [0.25, 0.3) is 11.1 Å². The Morgan fingerprint density at radius 1 is 0.960 bits per heavy atom. The van der Waals surface area contributed by atoms with Gasteiger partial charge >= 0.3 is 6.09 Å². The lowest BCUT2D eigenvalue weighted by atomic mass is 9.93. The SMILES string of the molecule is O=C(NC1CCC(O)CC1)OCC1c2ccccc2-c2ccccc21. The van der Waals surface area contributed by atoms with E-state index in [4.69, 9.17) is 4.74 Å². The van der Waals surface area contributed by atoms with Crippen molar-refractivity contribution >= 4 is 6.09 Å². The largest absolute Gasteiger partial charge is 0.449 e. The molecule has 0 aromatic heterocycles. The summed E-state index contributed by atoms with van der Waals surface area (Å²) in [6, 6.07) is 16.7. The molecule has 0 aliphatic heterocycles. The molecule has 2 aliphatic rings. The van der Waals surface area contributed by atoms with Crippen molar-refractivity contribution < 1.29 is 14.6 Å². The van der Waals surface area contributed by atoms with Crippen LogP contribution in [-0.4, -0.2) is 30.0 Å². The maximum atomic E-state index is 12.2. The third-order valence-corrected chi connectivity index (χ3v) is 5.36. The van der Waals surface area contributed by atoms with Crippen LogP contribution in [-0.2, 0) is 4.74 Å². The zero-order valence-corrected chi connectivity index (χ0v) is 14.2. The molecule has 2 aromatic rings. The normalized spacial score (nSPS) is 22.1. The molecule has 4 rings (SSSR count). The molecule has 0 heterocycles. The molecule has 0 atom stereocenters. The number of ether oxygens (including phenoxy) is 1. The second kappa shape index (κ2) is 6.89. The highest BCUT2D eigenvalue weighted by atomic mass is 16.5. The van der Waals surface area contributed by atoms with Gasteiger partial charge in [-0.1, -0.05) is 48.5 Å². The van der Waals surface area contributed by atoms with Gasteiger partial charge < -0.3 is 15.2 Å². The summed E-state index contributed by atoms with van der Waals surface area (Å²) < 4.78 is 5.56. The lowest BCUT2D eigenvalue weighted by Crippen LogP contribution is -2.39. The van der Waals surface area contributed by atoms with E-state index in [1.165, 1.54) is 22.3 Å². The van der Waals surface area contributed by atoms with Gasteiger partial charge in [-0.3, -0.25) is 0 Å². The first-order chi connectivity index (χ1) is 12.2. The van der Waals surface area contributed by atoms with Gasteiger partial charge in [-0.05, 0) is 47.9 Å². The Labute approximate surface area is 147 Å². The van der Waals surface area contributed by atoms with E-state index in [0.29, 0.717) is 6.61 Å². The molecule has 25 heavy (non-hydrogen) atoms. The van der Waals surface area contributed by atoms with Crippen molar-refractivity contribution in [2.45, 2.75) is 43.7 Å². The number of aliphatic hydroxyl groups excluding tert-OH is 1. The highest BCUT2D eigenvalue weighted by Crippen LogP contribution is 2.44. The first-order valence-electron chi connectivity index (χ1n) is 9.02. The highest BCUT2D eigenvalue weighted by molar-refractivity contribution is 5.79. The fourth-order valence-corrected chi connectivity index (χ4v) is 4.03. The Morgan fingerprint density at radius 3 is 2.12 bits per heavy atom. The van der Waals surface area contributed by atoms with Crippen molar-refractivity contribution in [3.05, 3.63) is 59.7 Å². The van der Waals surface area contributed by atoms with Gasteiger partial charge in [0.2, 0.25) is 0 Å². The van der Waals surface area contributed by atoms with Crippen molar-refractivity contribution in [3.63, 3.8) is 0 Å². The summed E-state index contributed by atoms with van der Waals surface area (Å²) in [6.45, 7) is 0.342. The molecule has 4 heteroatoms. The van der Waals surface area contributed by atoms with Crippen LogP contribution in [0.2, 0.25) is 0 Å². The van der Waals surface area contributed by atoms with Crippen LogP contribution in [0.3, 0.4) is 0 Å². The molecule has 130 valence electrons. The molecule has 1 amide bonds. The third-order valence-electron chi connectivity index (χ3n) is 5.36. The molecule has 0 spiro atoms. The first-order valence-corrected chi connectivity index (χ1v) is 9.02. The Kier molecular flexibility index (Phi) is 4.45. The summed E-state index contributed by atoms with van der Waals surface area (Å²) in [4.78, 5) is 12.2. The Hall–Kier alpha value is -2.33. The second-order valence-corrected chi connectivity index (χ2v) is 6.98. The molecule has 1 fully saturated rings. The van der Waals surface area contributed by atoms with Crippen LogP contribution < -0.4 is 5.32 Å².